The summed E-state index contributed by atoms with van der Waals surface area (Å²) in [6.07, 6.45) is -1.53. The monoisotopic (exact) mass is 462 g/mol. The minimum absolute atomic E-state index is 0.464. The van der Waals surface area contributed by atoms with E-state index in [9.17, 15) is 33.3 Å². The number of hydrogen-bond acceptors (Lipinski definition) is 7. The number of carboxylic acid groups (broad SMARTS) is 1. The summed E-state index contributed by atoms with van der Waals surface area (Å²) < 4.78 is 29.9. The molecule has 0 bridgehead atoms. The van der Waals surface area contributed by atoms with Gasteiger partial charge in [-0.1, -0.05) is 44.0 Å². The predicted molar refractivity (Wildman–Crippen MR) is 101 cm³/mol. The summed E-state index contributed by atoms with van der Waals surface area (Å²) in [4.78, 5) is 23.7. The van der Waals surface area contributed by atoms with E-state index in [2.05, 4.69) is 10.0 Å². The fourth-order valence-corrected chi connectivity index (χ4v) is 3.53. The zero-order valence-electron chi connectivity index (χ0n) is 15.4. The van der Waals surface area contributed by atoms with E-state index in [0.29, 0.717) is 0 Å². The van der Waals surface area contributed by atoms with Crippen molar-refractivity contribution < 1.29 is 38.1 Å². The van der Waals surface area contributed by atoms with Gasteiger partial charge in [0.25, 0.3) is 0 Å². The molecule has 0 saturated carbocycles. The SMILES string of the molecule is CC(C)C(=O)N[C@H]1C([C@H](C)[C@@H](O)CO)OC(C(=O)O)=C[C@@H]1NS(=O)(=O)C(Cl)Cl. The normalized spacial score (nSPS) is 25.0. The first-order valence-electron chi connectivity index (χ1n) is 8.32. The molecule has 0 aromatic rings. The maximum absolute atomic E-state index is 12.2. The lowest BCUT2D eigenvalue weighted by molar-refractivity contribution is -0.141. The molecule has 5 atom stereocenters. The van der Waals surface area contributed by atoms with Crippen LogP contribution in [0.15, 0.2) is 11.8 Å². The van der Waals surface area contributed by atoms with Crippen LogP contribution >= 0.6 is 23.2 Å². The number of aliphatic hydroxyl groups is 2. The number of hydrogen-bond donors (Lipinski definition) is 5. The molecule has 0 fully saturated rings. The maximum Gasteiger partial charge on any atom is 0.370 e. The number of rotatable bonds is 9. The minimum Gasteiger partial charge on any atom is -0.481 e. The van der Waals surface area contributed by atoms with Crippen molar-refractivity contribution in [1.82, 2.24) is 10.0 Å². The molecule has 1 aliphatic rings. The van der Waals surface area contributed by atoms with Crippen LogP contribution in [0.5, 0.6) is 0 Å². The fraction of sp³-hybridized carbons (Fsp3) is 0.733. The third-order valence-corrected chi connectivity index (χ3v) is 6.70. The molecule has 1 rings (SSSR count). The standard InChI is InChI=1S/C15H24Cl2N2O8S/c1-6(2)13(22)18-11-8(19-28(25,26)15(16)17)4-10(14(23)24)27-12(11)7(3)9(21)5-20/h4,6-9,11-12,15,19-21H,5H2,1-3H3,(H,18,22)(H,23,24)/t7-,8+,9+,11-,12?/m1/s1. The smallest absolute Gasteiger partial charge is 0.370 e. The molecule has 28 heavy (non-hydrogen) atoms. The molecular weight excluding hydrogens is 439 g/mol. The first-order valence-corrected chi connectivity index (χ1v) is 10.7. The highest BCUT2D eigenvalue weighted by Crippen LogP contribution is 2.27. The van der Waals surface area contributed by atoms with E-state index < -0.39 is 74.6 Å². The van der Waals surface area contributed by atoms with Crippen LogP contribution in [-0.4, -0.2) is 70.7 Å². The van der Waals surface area contributed by atoms with Crippen molar-refractivity contribution in [2.75, 3.05) is 6.61 Å². The summed E-state index contributed by atoms with van der Waals surface area (Å²) in [6.45, 7) is 4.01. The highest BCUT2D eigenvalue weighted by atomic mass is 35.5. The topological polar surface area (TPSA) is 162 Å². The van der Waals surface area contributed by atoms with Gasteiger partial charge in [-0.25, -0.2) is 17.9 Å². The first-order chi connectivity index (χ1) is 12.8. The third-order valence-electron chi connectivity index (χ3n) is 4.23. The van der Waals surface area contributed by atoms with Gasteiger partial charge in [-0.2, -0.15) is 0 Å². The van der Waals surface area contributed by atoms with Crippen molar-refractivity contribution in [3.05, 3.63) is 11.8 Å². The summed E-state index contributed by atoms with van der Waals surface area (Å²) in [6, 6.07) is -2.40. The molecule has 0 aliphatic carbocycles. The van der Waals surface area contributed by atoms with Gasteiger partial charge in [-0.05, 0) is 6.08 Å². The second-order valence-corrected chi connectivity index (χ2v) is 10.1. The van der Waals surface area contributed by atoms with Crippen LogP contribution in [0, 0.1) is 11.8 Å². The number of carbonyl (C=O) groups is 2. The van der Waals surface area contributed by atoms with Crippen molar-refractivity contribution in [3.8, 4) is 0 Å². The van der Waals surface area contributed by atoms with Crippen LogP contribution in [0.4, 0.5) is 0 Å². The van der Waals surface area contributed by atoms with E-state index in [1.165, 1.54) is 6.92 Å². The van der Waals surface area contributed by atoms with Crippen molar-refractivity contribution in [1.29, 1.82) is 0 Å². The van der Waals surface area contributed by atoms with Crippen LogP contribution in [-0.2, 0) is 24.3 Å². The number of sulfonamides is 1. The van der Waals surface area contributed by atoms with Crippen molar-refractivity contribution in [2.45, 2.75) is 49.2 Å². The molecule has 10 nitrogen and oxygen atoms in total. The number of ether oxygens (including phenoxy) is 1. The van der Waals surface area contributed by atoms with Crippen LogP contribution < -0.4 is 10.0 Å². The Hall–Kier alpha value is -1.11. The largest absolute Gasteiger partial charge is 0.481 e. The average Bonchev–Trinajstić information content (AvgIpc) is 2.60. The third kappa shape index (κ3) is 6.19. The Morgan fingerprint density at radius 1 is 1.29 bits per heavy atom. The lowest BCUT2D eigenvalue weighted by Gasteiger charge is -2.41. The fourth-order valence-electron chi connectivity index (χ4n) is 2.52. The van der Waals surface area contributed by atoms with Gasteiger partial charge in [-0.15, -0.1) is 0 Å². The number of aliphatic hydroxyl groups excluding tert-OH is 2. The summed E-state index contributed by atoms with van der Waals surface area (Å²) in [5.41, 5.74) is 0. The van der Waals surface area contributed by atoms with Gasteiger partial charge < -0.3 is 25.4 Å². The van der Waals surface area contributed by atoms with E-state index in [0.717, 1.165) is 6.08 Å². The van der Waals surface area contributed by atoms with Crippen molar-refractivity contribution >= 4 is 45.1 Å². The van der Waals surface area contributed by atoms with Gasteiger partial charge in [0.2, 0.25) is 25.9 Å². The summed E-state index contributed by atoms with van der Waals surface area (Å²) in [5.74, 6) is -3.89. The predicted octanol–water partition coefficient (Wildman–Crippen LogP) is -0.467. The molecule has 0 spiro atoms. The number of halogens is 2. The molecule has 0 aromatic heterocycles. The van der Waals surface area contributed by atoms with E-state index in [1.807, 2.05) is 0 Å². The number of nitrogens with one attached hydrogen (secondary N) is 2. The lowest BCUT2D eigenvalue weighted by atomic mass is 9.87. The van der Waals surface area contributed by atoms with Gasteiger partial charge in [0.05, 0.1) is 24.8 Å². The molecule has 5 N–H and O–H groups in total. The molecular formula is C15H24Cl2N2O8S. The average molecular weight is 463 g/mol. The molecule has 0 aromatic carbocycles. The zero-order valence-corrected chi connectivity index (χ0v) is 17.7. The van der Waals surface area contributed by atoms with E-state index in [1.54, 1.807) is 13.8 Å². The van der Waals surface area contributed by atoms with Crippen molar-refractivity contribution in [2.24, 2.45) is 11.8 Å². The van der Waals surface area contributed by atoms with Gasteiger partial charge in [0.1, 0.15) is 6.10 Å². The molecule has 1 amide bonds. The van der Waals surface area contributed by atoms with Gasteiger partial charge in [0.15, 0.2) is 0 Å². The highest BCUT2D eigenvalue weighted by Gasteiger charge is 2.44. The van der Waals surface area contributed by atoms with Gasteiger partial charge in [-0.3, -0.25) is 4.79 Å². The molecule has 0 saturated heterocycles. The van der Waals surface area contributed by atoms with E-state index >= 15 is 0 Å². The molecule has 1 aliphatic heterocycles. The minimum atomic E-state index is -4.29. The second-order valence-electron chi connectivity index (χ2n) is 6.67. The number of carboxylic acids is 1. The summed E-state index contributed by atoms with van der Waals surface area (Å²) >= 11 is 10.9. The maximum atomic E-state index is 12.2. The summed E-state index contributed by atoms with van der Waals surface area (Å²) in [7, 11) is -4.29. The number of alkyl halides is 2. The van der Waals surface area contributed by atoms with E-state index in [4.69, 9.17) is 27.9 Å². The Labute approximate surface area is 172 Å². The quantitative estimate of drug-likeness (QED) is 0.287. The number of carbonyl (C=O) groups excluding carboxylic acids is 1. The summed E-state index contributed by atoms with van der Waals surface area (Å²) in [5, 5.41) is 31.1. The Balaban J connectivity index is 3.42. The van der Waals surface area contributed by atoms with Crippen molar-refractivity contribution in [3.63, 3.8) is 0 Å². The Bertz CT molecular complexity index is 713. The Morgan fingerprint density at radius 2 is 1.86 bits per heavy atom. The Morgan fingerprint density at radius 3 is 2.29 bits per heavy atom. The molecule has 0 radical (unpaired) electrons. The Kier molecular flexibility index (Phi) is 8.97. The van der Waals surface area contributed by atoms with Crippen LogP contribution in [0.2, 0.25) is 0 Å². The molecule has 162 valence electrons. The molecule has 1 unspecified atom stereocenters. The van der Waals surface area contributed by atoms with Gasteiger partial charge in [0, 0.05) is 11.8 Å². The van der Waals surface area contributed by atoms with Crippen LogP contribution in [0.3, 0.4) is 0 Å². The van der Waals surface area contributed by atoms with Gasteiger partial charge >= 0.3 is 5.97 Å². The van der Waals surface area contributed by atoms with Crippen LogP contribution in [0.25, 0.3) is 0 Å². The lowest BCUT2D eigenvalue weighted by Crippen LogP contribution is -2.62. The number of aliphatic carboxylic acids is 1. The van der Waals surface area contributed by atoms with Crippen LogP contribution in [0.1, 0.15) is 20.8 Å². The first kappa shape index (κ1) is 24.9. The molecule has 13 heteroatoms. The number of amides is 1. The zero-order chi connectivity index (χ0) is 21.8. The highest BCUT2D eigenvalue weighted by molar-refractivity contribution is 7.92. The van der Waals surface area contributed by atoms with E-state index in [-0.39, 0.29) is 0 Å². The second kappa shape index (κ2) is 10.1. The molecule has 1 heterocycles.